The minimum atomic E-state index is 1.01. The molecule has 0 amide bonds. The molecule has 180 valence electrons. The number of unbranched alkanes of at least 4 members (excludes halogenated alkanes) is 2. The highest BCUT2D eigenvalue weighted by Gasteiger charge is 2.20. The Hall–Kier alpha value is -4.37. The van der Waals surface area contributed by atoms with Crippen molar-refractivity contribution in [2.24, 2.45) is 0 Å². The lowest BCUT2D eigenvalue weighted by atomic mass is 10.0. The SMILES string of the molecule is CCCCCn1c2ccc(-c3ccccc3)cc2c2ccc3c(c4cccnc4n3-c3ccccc3)c21. The molecular formula is C34H29N3. The number of fused-ring (bicyclic) bond motifs is 7. The van der Waals surface area contributed by atoms with Crippen LogP contribution in [0.1, 0.15) is 26.2 Å². The van der Waals surface area contributed by atoms with E-state index < -0.39 is 0 Å². The molecule has 0 spiro atoms. The summed E-state index contributed by atoms with van der Waals surface area (Å²) in [6, 6.07) is 37.2. The van der Waals surface area contributed by atoms with Crippen LogP contribution in [0.15, 0.2) is 109 Å². The van der Waals surface area contributed by atoms with Crippen LogP contribution in [-0.2, 0) is 6.54 Å². The van der Waals surface area contributed by atoms with Crippen molar-refractivity contribution < 1.29 is 0 Å². The Morgan fingerprint density at radius 3 is 2.24 bits per heavy atom. The average Bonchev–Trinajstić information content (AvgIpc) is 3.46. The van der Waals surface area contributed by atoms with Gasteiger partial charge < -0.3 is 4.57 Å². The van der Waals surface area contributed by atoms with Gasteiger partial charge in [-0.05, 0) is 60.0 Å². The maximum Gasteiger partial charge on any atom is 0.145 e. The Morgan fingerprint density at radius 2 is 1.43 bits per heavy atom. The lowest BCUT2D eigenvalue weighted by Crippen LogP contribution is -1.98. The standard InChI is InChI=1S/C34H29N3/c1-2-3-10-22-36-30-19-17-25(24-12-6-4-7-13-24)23-29(30)27-18-20-31-32(33(27)36)28-16-11-21-35-34(28)37(31)26-14-8-5-9-15-26/h4-9,11-21,23H,2-3,10,22H2,1H3. The second-order valence-corrected chi connectivity index (χ2v) is 9.86. The van der Waals surface area contributed by atoms with Crippen molar-refractivity contribution in [1.29, 1.82) is 0 Å². The minimum Gasteiger partial charge on any atom is -0.340 e. The molecule has 0 aliphatic carbocycles. The number of pyridine rings is 1. The highest BCUT2D eigenvalue weighted by atomic mass is 15.1. The first-order valence-electron chi connectivity index (χ1n) is 13.3. The molecule has 0 saturated heterocycles. The average molecular weight is 480 g/mol. The molecule has 3 aromatic heterocycles. The van der Waals surface area contributed by atoms with Crippen molar-refractivity contribution in [2.45, 2.75) is 32.7 Å². The molecule has 7 rings (SSSR count). The van der Waals surface area contributed by atoms with Gasteiger partial charge in [0.25, 0.3) is 0 Å². The Balaban J connectivity index is 1.60. The smallest absolute Gasteiger partial charge is 0.145 e. The number of para-hydroxylation sites is 1. The molecule has 3 nitrogen and oxygen atoms in total. The van der Waals surface area contributed by atoms with Crippen LogP contribution in [0.2, 0.25) is 0 Å². The fraction of sp³-hybridized carbons (Fsp3) is 0.147. The normalized spacial score (nSPS) is 11.8. The third-order valence-corrected chi connectivity index (χ3v) is 7.62. The second-order valence-electron chi connectivity index (χ2n) is 9.86. The third kappa shape index (κ3) is 3.46. The lowest BCUT2D eigenvalue weighted by molar-refractivity contribution is 0.628. The van der Waals surface area contributed by atoms with E-state index in [1.165, 1.54) is 68.5 Å². The molecule has 7 aromatic rings. The van der Waals surface area contributed by atoms with Gasteiger partial charge in [-0.3, -0.25) is 4.57 Å². The van der Waals surface area contributed by atoms with Crippen LogP contribution in [0.3, 0.4) is 0 Å². The zero-order valence-corrected chi connectivity index (χ0v) is 21.1. The van der Waals surface area contributed by atoms with Crippen LogP contribution in [-0.4, -0.2) is 14.1 Å². The van der Waals surface area contributed by atoms with E-state index in [9.17, 15) is 0 Å². The summed E-state index contributed by atoms with van der Waals surface area (Å²) in [4.78, 5) is 4.87. The van der Waals surface area contributed by atoms with Crippen LogP contribution < -0.4 is 0 Å². The monoisotopic (exact) mass is 479 g/mol. The Morgan fingerprint density at radius 1 is 0.649 bits per heavy atom. The number of rotatable bonds is 6. The summed E-state index contributed by atoms with van der Waals surface area (Å²) >= 11 is 0. The summed E-state index contributed by atoms with van der Waals surface area (Å²) in [6.07, 6.45) is 5.51. The van der Waals surface area contributed by atoms with Crippen LogP contribution in [0.4, 0.5) is 0 Å². The molecule has 0 fully saturated rings. The third-order valence-electron chi connectivity index (χ3n) is 7.62. The first-order chi connectivity index (χ1) is 18.3. The van der Waals surface area contributed by atoms with Gasteiger partial charge in [0, 0.05) is 45.5 Å². The molecular weight excluding hydrogens is 450 g/mol. The van der Waals surface area contributed by atoms with Crippen molar-refractivity contribution in [1.82, 2.24) is 14.1 Å². The van der Waals surface area contributed by atoms with Gasteiger partial charge in [-0.2, -0.15) is 0 Å². The fourth-order valence-electron chi connectivity index (χ4n) is 5.92. The van der Waals surface area contributed by atoms with E-state index in [2.05, 4.69) is 119 Å². The molecule has 37 heavy (non-hydrogen) atoms. The van der Waals surface area contributed by atoms with Gasteiger partial charge in [0.1, 0.15) is 5.65 Å². The molecule has 4 aromatic carbocycles. The summed E-state index contributed by atoms with van der Waals surface area (Å²) in [5.74, 6) is 0. The van der Waals surface area contributed by atoms with Crippen LogP contribution >= 0.6 is 0 Å². The van der Waals surface area contributed by atoms with Gasteiger partial charge in [0.15, 0.2) is 0 Å². The maximum atomic E-state index is 4.87. The van der Waals surface area contributed by atoms with Gasteiger partial charge in [-0.15, -0.1) is 0 Å². The number of aryl methyl sites for hydroxylation is 1. The van der Waals surface area contributed by atoms with E-state index in [1.54, 1.807) is 0 Å². The maximum absolute atomic E-state index is 4.87. The molecule has 0 saturated carbocycles. The van der Waals surface area contributed by atoms with Crippen LogP contribution in [0.25, 0.3) is 60.6 Å². The molecule has 3 heterocycles. The van der Waals surface area contributed by atoms with Crippen LogP contribution in [0, 0.1) is 0 Å². The predicted molar refractivity (Wildman–Crippen MR) is 157 cm³/mol. The topological polar surface area (TPSA) is 22.8 Å². The highest BCUT2D eigenvalue weighted by Crippen LogP contribution is 2.41. The summed E-state index contributed by atoms with van der Waals surface area (Å²) in [7, 11) is 0. The molecule has 0 aliphatic rings. The van der Waals surface area contributed by atoms with Gasteiger partial charge in [-0.25, -0.2) is 4.98 Å². The number of aromatic nitrogens is 3. The van der Waals surface area contributed by atoms with E-state index >= 15 is 0 Å². The molecule has 0 radical (unpaired) electrons. The zero-order chi connectivity index (χ0) is 24.8. The van der Waals surface area contributed by atoms with Crippen molar-refractivity contribution in [3.63, 3.8) is 0 Å². The molecule has 0 unspecified atom stereocenters. The van der Waals surface area contributed by atoms with Gasteiger partial charge in [0.05, 0.1) is 11.0 Å². The molecule has 0 aliphatic heterocycles. The lowest BCUT2D eigenvalue weighted by Gasteiger charge is -2.09. The van der Waals surface area contributed by atoms with E-state index in [1.807, 2.05) is 6.20 Å². The van der Waals surface area contributed by atoms with Gasteiger partial charge in [0.2, 0.25) is 0 Å². The van der Waals surface area contributed by atoms with E-state index in [-0.39, 0.29) is 0 Å². The Labute approximate surface area is 216 Å². The predicted octanol–water partition coefficient (Wildman–Crippen LogP) is 9.14. The van der Waals surface area contributed by atoms with Crippen LogP contribution in [0.5, 0.6) is 0 Å². The molecule has 0 N–H and O–H groups in total. The zero-order valence-electron chi connectivity index (χ0n) is 21.1. The molecule has 0 bridgehead atoms. The van der Waals surface area contributed by atoms with Gasteiger partial charge in [-0.1, -0.05) is 80.4 Å². The van der Waals surface area contributed by atoms with Crippen molar-refractivity contribution in [2.75, 3.05) is 0 Å². The van der Waals surface area contributed by atoms with Gasteiger partial charge >= 0.3 is 0 Å². The molecule has 3 heteroatoms. The fourth-order valence-corrected chi connectivity index (χ4v) is 5.92. The number of hydrogen-bond donors (Lipinski definition) is 0. The number of benzene rings is 4. The Kier molecular flexibility index (Phi) is 5.28. The summed E-state index contributed by atoms with van der Waals surface area (Å²) < 4.78 is 4.88. The number of hydrogen-bond acceptors (Lipinski definition) is 1. The number of nitrogens with zero attached hydrogens (tertiary/aromatic N) is 3. The Bertz CT molecular complexity index is 1880. The van der Waals surface area contributed by atoms with Crippen molar-refractivity contribution in [3.8, 4) is 16.8 Å². The van der Waals surface area contributed by atoms with Crippen molar-refractivity contribution in [3.05, 3.63) is 109 Å². The quantitative estimate of drug-likeness (QED) is 0.218. The highest BCUT2D eigenvalue weighted by molar-refractivity contribution is 6.25. The van der Waals surface area contributed by atoms with E-state index in [0.717, 1.165) is 17.9 Å². The first-order valence-corrected chi connectivity index (χ1v) is 13.3. The first kappa shape index (κ1) is 21.9. The summed E-state index contributed by atoms with van der Waals surface area (Å²) in [6.45, 7) is 3.28. The van der Waals surface area contributed by atoms with Crippen molar-refractivity contribution >= 4 is 43.7 Å². The largest absolute Gasteiger partial charge is 0.340 e. The second kappa shape index (κ2) is 8.94. The van der Waals surface area contributed by atoms with E-state index in [0.29, 0.717) is 0 Å². The van der Waals surface area contributed by atoms with E-state index in [4.69, 9.17) is 4.98 Å². The minimum absolute atomic E-state index is 1.01. The summed E-state index contributed by atoms with van der Waals surface area (Å²) in [5.41, 5.74) is 8.49. The summed E-state index contributed by atoms with van der Waals surface area (Å²) in [5, 5.41) is 5.13. The molecule has 0 atom stereocenters.